The minimum absolute atomic E-state index is 0.0915. The van der Waals surface area contributed by atoms with Crippen molar-refractivity contribution in [1.82, 2.24) is 4.90 Å². The number of hydrogen-bond acceptors (Lipinski definition) is 7. The number of non-ortho nitro benzene ring substituents is 1. The summed E-state index contributed by atoms with van der Waals surface area (Å²) in [6, 6.07) is 17.7. The normalized spacial score (nSPS) is 12.2. The molecule has 0 radical (unpaired) electrons. The van der Waals surface area contributed by atoms with Crippen molar-refractivity contribution < 1.29 is 24.0 Å². The maximum absolute atomic E-state index is 13.5. The molecule has 1 aliphatic rings. The Morgan fingerprint density at radius 2 is 1.73 bits per heavy atom. The van der Waals surface area contributed by atoms with Crippen LogP contribution in [0.3, 0.4) is 0 Å². The Balaban J connectivity index is 1.52. The molecule has 3 N–H and O–H groups in total. The van der Waals surface area contributed by atoms with Gasteiger partial charge in [0.25, 0.3) is 17.5 Å². The topological polar surface area (TPSA) is 137 Å². The van der Waals surface area contributed by atoms with Gasteiger partial charge in [-0.2, -0.15) is 0 Å². The average Bonchev–Trinajstić information content (AvgIpc) is 3.36. The van der Waals surface area contributed by atoms with Gasteiger partial charge in [-0.25, -0.2) is 0 Å². The van der Waals surface area contributed by atoms with Crippen LogP contribution in [0.1, 0.15) is 40.1 Å². The van der Waals surface area contributed by atoms with Gasteiger partial charge >= 0.3 is 0 Å². The van der Waals surface area contributed by atoms with Gasteiger partial charge in [0.2, 0.25) is 6.79 Å². The van der Waals surface area contributed by atoms with Crippen molar-refractivity contribution in [2.45, 2.75) is 20.4 Å². The predicted octanol–water partition coefficient (Wildman–Crippen LogP) is 4.20. The fourth-order valence-electron chi connectivity index (χ4n) is 3.90. The monoisotopic (exact) mass is 504 g/mol. The fourth-order valence-corrected chi connectivity index (χ4v) is 3.90. The number of nitro groups is 1. The number of carbonyl (C=O) groups excluding carboxylic acids is 2. The molecule has 0 fully saturated rings. The molecule has 1 aliphatic heterocycles. The van der Waals surface area contributed by atoms with E-state index in [0.29, 0.717) is 41.4 Å². The van der Waals surface area contributed by atoms with Crippen molar-refractivity contribution in [3.05, 3.63) is 93.5 Å². The summed E-state index contributed by atoms with van der Waals surface area (Å²) in [6.07, 6.45) is 0. The molecule has 3 aromatic rings. The third-order valence-corrected chi connectivity index (χ3v) is 5.98. The number of nitrogens with zero attached hydrogens (tertiary/aromatic N) is 2. The van der Waals surface area contributed by atoms with E-state index < -0.39 is 10.8 Å². The summed E-state index contributed by atoms with van der Waals surface area (Å²) >= 11 is 0. The number of nitro benzene ring substituents is 1. The van der Waals surface area contributed by atoms with Gasteiger partial charge in [0.1, 0.15) is 0 Å². The summed E-state index contributed by atoms with van der Waals surface area (Å²) in [4.78, 5) is 38.3. The van der Waals surface area contributed by atoms with Crippen molar-refractivity contribution in [2.24, 2.45) is 11.1 Å². The van der Waals surface area contributed by atoms with Crippen LogP contribution in [-0.2, 0) is 6.54 Å². The first-order valence-electron chi connectivity index (χ1n) is 11.7. The molecule has 10 heteroatoms. The van der Waals surface area contributed by atoms with Gasteiger partial charge in [0.15, 0.2) is 11.5 Å². The largest absolute Gasteiger partial charge is 0.454 e. The van der Waals surface area contributed by atoms with Gasteiger partial charge in [-0.3, -0.25) is 19.7 Å². The van der Waals surface area contributed by atoms with Gasteiger partial charge in [-0.1, -0.05) is 26.0 Å². The molecule has 1 heterocycles. The number of amides is 2. The molecule has 192 valence electrons. The van der Waals surface area contributed by atoms with E-state index in [1.807, 2.05) is 19.9 Å². The highest BCUT2D eigenvalue weighted by Crippen LogP contribution is 2.33. The van der Waals surface area contributed by atoms with Gasteiger partial charge in [-0.05, 0) is 60.0 Å². The zero-order valence-electron chi connectivity index (χ0n) is 20.6. The van der Waals surface area contributed by atoms with Crippen molar-refractivity contribution in [3.8, 4) is 11.5 Å². The van der Waals surface area contributed by atoms with E-state index in [1.165, 1.54) is 24.3 Å². The Morgan fingerprint density at radius 3 is 2.43 bits per heavy atom. The molecule has 37 heavy (non-hydrogen) atoms. The van der Waals surface area contributed by atoms with Gasteiger partial charge in [0, 0.05) is 42.0 Å². The Labute approximate surface area is 214 Å². The lowest BCUT2D eigenvalue weighted by molar-refractivity contribution is -0.384. The van der Waals surface area contributed by atoms with Crippen LogP contribution in [0.4, 0.5) is 11.4 Å². The van der Waals surface area contributed by atoms with E-state index in [0.717, 1.165) is 5.56 Å². The summed E-state index contributed by atoms with van der Waals surface area (Å²) in [5.74, 6) is 0.548. The SMILES string of the molecule is CC(C)(CN)CN(Cc1cccc(NC(=O)c2ccc([N+](=O)[O-])cc2)c1)C(=O)c1ccc2c(c1)OCO2. The van der Waals surface area contributed by atoms with Crippen LogP contribution < -0.4 is 20.5 Å². The molecule has 3 aromatic carbocycles. The van der Waals surface area contributed by atoms with Crippen LogP contribution >= 0.6 is 0 Å². The van der Waals surface area contributed by atoms with Crippen molar-refractivity contribution in [1.29, 1.82) is 0 Å². The Kier molecular flexibility index (Phi) is 7.40. The van der Waals surface area contributed by atoms with E-state index >= 15 is 0 Å². The average molecular weight is 505 g/mol. The zero-order valence-corrected chi connectivity index (χ0v) is 20.6. The molecule has 0 aliphatic carbocycles. The second-order valence-corrected chi connectivity index (χ2v) is 9.56. The molecule has 2 amide bonds. The van der Waals surface area contributed by atoms with Gasteiger partial charge in [-0.15, -0.1) is 0 Å². The van der Waals surface area contributed by atoms with Crippen LogP contribution in [0.5, 0.6) is 11.5 Å². The number of nitrogens with two attached hydrogens (primary N) is 1. The molecule has 0 spiro atoms. The van der Waals surface area contributed by atoms with Crippen molar-refractivity contribution >= 4 is 23.2 Å². The summed E-state index contributed by atoms with van der Waals surface area (Å²) in [5, 5.41) is 13.7. The molecule has 0 bridgehead atoms. The zero-order chi connectivity index (χ0) is 26.6. The number of rotatable bonds is 9. The van der Waals surface area contributed by atoms with E-state index in [2.05, 4.69) is 5.32 Å². The van der Waals surface area contributed by atoms with E-state index in [1.54, 1.807) is 41.3 Å². The lowest BCUT2D eigenvalue weighted by Gasteiger charge is -2.32. The van der Waals surface area contributed by atoms with Crippen LogP contribution in [0.2, 0.25) is 0 Å². The van der Waals surface area contributed by atoms with E-state index in [4.69, 9.17) is 15.2 Å². The van der Waals surface area contributed by atoms with Crippen LogP contribution in [0.25, 0.3) is 0 Å². The highest BCUT2D eigenvalue weighted by Gasteiger charge is 2.26. The minimum Gasteiger partial charge on any atom is -0.454 e. The predicted molar refractivity (Wildman–Crippen MR) is 138 cm³/mol. The van der Waals surface area contributed by atoms with Crippen LogP contribution in [0.15, 0.2) is 66.7 Å². The summed E-state index contributed by atoms with van der Waals surface area (Å²) < 4.78 is 10.8. The highest BCUT2D eigenvalue weighted by molar-refractivity contribution is 6.04. The quantitative estimate of drug-likeness (QED) is 0.329. The highest BCUT2D eigenvalue weighted by atomic mass is 16.7. The number of ether oxygens (including phenoxy) is 2. The lowest BCUT2D eigenvalue weighted by Crippen LogP contribution is -2.41. The van der Waals surface area contributed by atoms with E-state index in [9.17, 15) is 19.7 Å². The van der Waals surface area contributed by atoms with Gasteiger partial charge < -0.3 is 25.4 Å². The smallest absolute Gasteiger partial charge is 0.269 e. The third-order valence-electron chi connectivity index (χ3n) is 5.98. The lowest BCUT2D eigenvalue weighted by atomic mass is 9.92. The first-order valence-corrected chi connectivity index (χ1v) is 11.7. The molecular weight excluding hydrogens is 476 g/mol. The number of fused-ring (bicyclic) bond motifs is 1. The maximum atomic E-state index is 13.5. The molecule has 10 nitrogen and oxygen atoms in total. The number of anilines is 1. The molecule has 0 aromatic heterocycles. The first-order chi connectivity index (χ1) is 17.6. The first kappa shape index (κ1) is 25.6. The summed E-state index contributed by atoms with van der Waals surface area (Å²) in [6.45, 7) is 5.20. The number of nitrogens with one attached hydrogen (secondary N) is 1. The summed E-state index contributed by atoms with van der Waals surface area (Å²) in [5.41, 5.74) is 7.65. The van der Waals surface area contributed by atoms with E-state index in [-0.39, 0.29) is 30.3 Å². The van der Waals surface area contributed by atoms with Crippen molar-refractivity contribution in [3.63, 3.8) is 0 Å². The second kappa shape index (κ2) is 10.7. The summed E-state index contributed by atoms with van der Waals surface area (Å²) in [7, 11) is 0. The Bertz CT molecular complexity index is 1320. The van der Waals surface area contributed by atoms with Crippen molar-refractivity contribution in [2.75, 3.05) is 25.2 Å². The fraction of sp³-hybridized carbons (Fsp3) is 0.259. The number of hydrogen-bond donors (Lipinski definition) is 2. The second-order valence-electron chi connectivity index (χ2n) is 9.56. The molecule has 0 unspecified atom stereocenters. The third kappa shape index (κ3) is 6.22. The number of benzene rings is 3. The molecular formula is C27H28N4O6. The minimum atomic E-state index is -0.520. The Hall–Kier alpha value is -4.44. The molecule has 4 rings (SSSR count). The molecule has 0 atom stereocenters. The van der Waals surface area contributed by atoms with Crippen LogP contribution in [0, 0.1) is 15.5 Å². The standard InChI is InChI=1S/C27H28N4O6/c1-27(2,15-28)16-30(26(33)20-8-11-23-24(13-20)37-17-36-23)14-18-4-3-5-21(12-18)29-25(32)19-6-9-22(10-7-19)31(34)35/h3-13H,14-17,28H2,1-2H3,(H,29,32). The van der Waals surface area contributed by atoms with Gasteiger partial charge in [0.05, 0.1) is 4.92 Å². The molecule has 0 saturated carbocycles. The van der Waals surface area contributed by atoms with Crippen LogP contribution in [-0.4, -0.2) is 41.5 Å². The molecule has 0 saturated heterocycles. The maximum Gasteiger partial charge on any atom is 0.269 e. The Morgan fingerprint density at radius 1 is 1.03 bits per heavy atom. The number of carbonyl (C=O) groups is 2.